The fourth-order valence-corrected chi connectivity index (χ4v) is 2.15. The van der Waals surface area contributed by atoms with Crippen molar-refractivity contribution in [1.29, 1.82) is 0 Å². The third-order valence-electron chi connectivity index (χ3n) is 3.59. The molecule has 0 radical (unpaired) electrons. The van der Waals surface area contributed by atoms with E-state index in [9.17, 15) is 4.79 Å². The lowest BCUT2D eigenvalue weighted by Crippen LogP contribution is -2.24. The second-order valence-corrected chi connectivity index (χ2v) is 5.74. The highest BCUT2D eigenvalue weighted by molar-refractivity contribution is 5.82. The first-order valence-electron chi connectivity index (χ1n) is 8.27. The molecule has 126 valence electrons. The Bertz CT molecular complexity index is 661. The third kappa shape index (κ3) is 6.24. The van der Waals surface area contributed by atoms with E-state index in [1.807, 2.05) is 55.5 Å². The molecule has 0 aliphatic rings. The lowest BCUT2D eigenvalue weighted by Gasteiger charge is -2.06. The molecule has 2 rings (SSSR count). The maximum Gasteiger partial charge on any atom is 0.277 e. The van der Waals surface area contributed by atoms with Crippen LogP contribution in [0.4, 0.5) is 0 Å². The minimum absolute atomic E-state index is 0.0560. The molecule has 2 aromatic carbocycles. The van der Waals surface area contributed by atoms with E-state index in [1.54, 1.807) is 6.21 Å². The van der Waals surface area contributed by atoms with Crippen LogP contribution < -0.4 is 10.2 Å². The Hall–Kier alpha value is -2.62. The van der Waals surface area contributed by atoms with Gasteiger partial charge in [0.15, 0.2) is 6.61 Å². The van der Waals surface area contributed by atoms with Crippen molar-refractivity contribution in [3.8, 4) is 5.75 Å². The molecule has 2 aromatic rings. The molecule has 0 aliphatic carbocycles. The van der Waals surface area contributed by atoms with Crippen LogP contribution in [-0.4, -0.2) is 18.7 Å². The number of hydrogen-bond donors (Lipinski definition) is 1. The van der Waals surface area contributed by atoms with Crippen LogP contribution in [0.1, 0.15) is 36.5 Å². The molecule has 0 atom stereocenters. The minimum atomic E-state index is -0.284. The number of rotatable bonds is 8. The van der Waals surface area contributed by atoms with Crippen molar-refractivity contribution in [2.75, 3.05) is 6.61 Å². The summed E-state index contributed by atoms with van der Waals surface area (Å²) in [5, 5.41) is 3.93. The highest BCUT2D eigenvalue weighted by Gasteiger charge is 2.01. The van der Waals surface area contributed by atoms with Gasteiger partial charge in [-0.15, -0.1) is 0 Å². The summed E-state index contributed by atoms with van der Waals surface area (Å²) >= 11 is 0. The van der Waals surface area contributed by atoms with Gasteiger partial charge >= 0.3 is 0 Å². The second-order valence-electron chi connectivity index (χ2n) is 5.74. The zero-order chi connectivity index (χ0) is 17.2. The lowest BCUT2D eigenvalue weighted by molar-refractivity contribution is -0.123. The Morgan fingerprint density at radius 1 is 1.12 bits per heavy atom. The van der Waals surface area contributed by atoms with Gasteiger partial charge in [-0.2, -0.15) is 5.10 Å². The molecule has 0 spiro atoms. The average Bonchev–Trinajstić information content (AvgIpc) is 2.61. The van der Waals surface area contributed by atoms with Crippen LogP contribution >= 0.6 is 0 Å². The smallest absolute Gasteiger partial charge is 0.277 e. The molecular weight excluding hydrogens is 300 g/mol. The van der Waals surface area contributed by atoms with Gasteiger partial charge in [0.25, 0.3) is 5.91 Å². The number of nitrogens with zero attached hydrogens (tertiary/aromatic N) is 1. The molecule has 4 nitrogen and oxygen atoms in total. The van der Waals surface area contributed by atoms with E-state index < -0.39 is 0 Å². The fourth-order valence-electron chi connectivity index (χ4n) is 2.15. The highest BCUT2D eigenvalue weighted by atomic mass is 16.5. The number of carbonyl (C=O) groups excluding carboxylic acids is 1. The van der Waals surface area contributed by atoms with Crippen molar-refractivity contribution < 1.29 is 9.53 Å². The topological polar surface area (TPSA) is 50.7 Å². The molecule has 4 heteroatoms. The van der Waals surface area contributed by atoms with Gasteiger partial charge in [-0.25, -0.2) is 5.43 Å². The summed E-state index contributed by atoms with van der Waals surface area (Å²) in [6.07, 6.45) is 5.05. The van der Waals surface area contributed by atoms with Gasteiger partial charge in [0.2, 0.25) is 0 Å². The van der Waals surface area contributed by atoms with E-state index in [1.165, 1.54) is 24.0 Å². The first-order chi connectivity index (χ1) is 11.7. The summed E-state index contributed by atoms with van der Waals surface area (Å²) in [4.78, 5) is 11.7. The van der Waals surface area contributed by atoms with E-state index in [2.05, 4.69) is 17.5 Å². The highest BCUT2D eigenvalue weighted by Crippen LogP contribution is 2.13. The Labute approximate surface area is 143 Å². The predicted octanol–water partition coefficient (Wildman–Crippen LogP) is 3.87. The van der Waals surface area contributed by atoms with Crippen molar-refractivity contribution >= 4 is 12.1 Å². The number of benzene rings is 2. The van der Waals surface area contributed by atoms with Crippen molar-refractivity contribution in [3.05, 3.63) is 65.2 Å². The first-order valence-corrected chi connectivity index (χ1v) is 8.27. The molecular formula is C20H24N2O2. The van der Waals surface area contributed by atoms with Crippen LogP contribution in [0.15, 0.2) is 53.6 Å². The van der Waals surface area contributed by atoms with Crippen LogP contribution in [0, 0.1) is 6.92 Å². The van der Waals surface area contributed by atoms with Crippen molar-refractivity contribution in [3.63, 3.8) is 0 Å². The van der Waals surface area contributed by atoms with Gasteiger partial charge in [-0.05, 0) is 43.0 Å². The largest absolute Gasteiger partial charge is 0.484 e. The summed E-state index contributed by atoms with van der Waals surface area (Å²) in [6, 6.07) is 15.8. The van der Waals surface area contributed by atoms with Gasteiger partial charge in [0, 0.05) is 0 Å². The van der Waals surface area contributed by atoms with E-state index in [0.29, 0.717) is 5.75 Å². The number of carbonyl (C=O) groups is 1. The molecule has 24 heavy (non-hydrogen) atoms. The number of amides is 1. The maximum atomic E-state index is 11.7. The molecule has 0 saturated carbocycles. The van der Waals surface area contributed by atoms with Crippen molar-refractivity contribution in [2.45, 2.75) is 33.1 Å². The summed E-state index contributed by atoms with van der Waals surface area (Å²) in [5.41, 5.74) is 5.87. The Morgan fingerprint density at radius 3 is 2.50 bits per heavy atom. The molecule has 0 fully saturated rings. The summed E-state index contributed by atoms with van der Waals surface area (Å²) < 4.78 is 5.46. The molecule has 1 amide bonds. The monoisotopic (exact) mass is 324 g/mol. The SMILES string of the molecule is CCCCc1ccc(OCC(=O)N/N=C/c2ccc(C)cc2)cc1. The summed E-state index contributed by atoms with van der Waals surface area (Å²) in [5.74, 6) is 0.404. The zero-order valence-corrected chi connectivity index (χ0v) is 14.3. The predicted molar refractivity (Wildman–Crippen MR) is 97.5 cm³/mol. The van der Waals surface area contributed by atoms with Crippen LogP contribution in [0.5, 0.6) is 5.75 Å². The number of aryl methyl sites for hydroxylation is 2. The minimum Gasteiger partial charge on any atom is -0.484 e. The number of hydrazone groups is 1. The standard InChI is InChI=1S/C20H24N2O2/c1-3-4-5-17-10-12-19(13-11-17)24-15-20(23)22-21-14-18-8-6-16(2)7-9-18/h6-14H,3-5,15H2,1-2H3,(H,22,23)/b21-14+. The maximum absolute atomic E-state index is 11.7. The zero-order valence-electron chi connectivity index (χ0n) is 14.3. The normalized spacial score (nSPS) is 10.8. The van der Waals surface area contributed by atoms with Crippen molar-refractivity contribution in [2.24, 2.45) is 5.10 Å². The Balaban J connectivity index is 1.73. The quantitative estimate of drug-likeness (QED) is 0.592. The van der Waals surface area contributed by atoms with Gasteiger partial charge in [0.05, 0.1) is 6.21 Å². The number of unbranched alkanes of at least 4 members (excludes halogenated alkanes) is 1. The number of nitrogens with one attached hydrogen (secondary N) is 1. The van der Waals surface area contributed by atoms with Gasteiger partial charge in [-0.3, -0.25) is 4.79 Å². The summed E-state index contributed by atoms with van der Waals surface area (Å²) in [6.45, 7) is 4.15. The molecule has 1 N–H and O–H groups in total. The van der Waals surface area contributed by atoms with Crippen LogP contribution in [-0.2, 0) is 11.2 Å². The van der Waals surface area contributed by atoms with E-state index in [4.69, 9.17) is 4.74 Å². The molecule has 0 aliphatic heterocycles. The third-order valence-corrected chi connectivity index (χ3v) is 3.59. The van der Waals surface area contributed by atoms with E-state index >= 15 is 0 Å². The Morgan fingerprint density at radius 2 is 1.83 bits per heavy atom. The number of hydrogen-bond acceptors (Lipinski definition) is 3. The molecule has 0 heterocycles. The molecule has 0 bridgehead atoms. The van der Waals surface area contributed by atoms with Gasteiger partial charge in [-0.1, -0.05) is 55.3 Å². The Kier molecular flexibility index (Phi) is 7.02. The van der Waals surface area contributed by atoms with Crippen LogP contribution in [0.2, 0.25) is 0 Å². The van der Waals surface area contributed by atoms with Gasteiger partial charge in [0.1, 0.15) is 5.75 Å². The number of ether oxygens (including phenoxy) is 1. The lowest BCUT2D eigenvalue weighted by atomic mass is 10.1. The second kappa shape index (κ2) is 9.50. The molecule has 0 aromatic heterocycles. The fraction of sp³-hybridized carbons (Fsp3) is 0.300. The first kappa shape index (κ1) is 17.7. The van der Waals surface area contributed by atoms with Crippen LogP contribution in [0.3, 0.4) is 0 Å². The summed E-state index contributed by atoms with van der Waals surface area (Å²) in [7, 11) is 0. The van der Waals surface area contributed by atoms with E-state index in [-0.39, 0.29) is 12.5 Å². The average molecular weight is 324 g/mol. The van der Waals surface area contributed by atoms with E-state index in [0.717, 1.165) is 12.0 Å². The van der Waals surface area contributed by atoms with Gasteiger partial charge < -0.3 is 4.74 Å². The van der Waals surface area contributed by atoms with Crippen molar-refractivity contribution in [1.82, 2.24) is 5.43 Å². The molecule has 0 saturated heterocycles. The molecule has 0 unspecified atom stereocenters. The van der Waals surface area contributed by atoms with Crippen LogP contribution in [0.25, 0.3) is 0 Å².